The summed E-state index contributed by atoms with van der Waals surface area (Å²) in [6, 6.07) is 12.5. The first-order valence-corrected chi connectivity index (χ1v) is 9.58. The van der Waals surface area contributed by atoms with Crippen LogP contribution in [0, 0.1) is 11.7 Å². The van der Waals surface area contributed by atoms with Crippen LogP contribution < -0.4 is 0 Å². The zero-order chi connectivity index (χ0) is 18.1. The van der Waals surface area contributed by atoms with Crippen molar-refractivity contribution in [2.24, 2.45) is 5.92 Å². The third kappa shape index (κ3) is 3.76. The minimum atomic E-state index is -0.213. The van der Waals surface area contributed by atoms with Gasteiger partial charge in [-0.25, -0.2) is 9.37 Å². The van der Waals surface area contributed by atoms with Crippen LogP contribution in [-0.2, 0) is 13.1 Å². The predicted molar refractivity (Wildman–Crippen MR) is 104 cm³/mol. The van der Waals surface area contributed by atoms with Gasteiger partial charge in [-0.2, -0.15) is 0 Å². The lowest BCUT2D eigenvalue weighted by Gasteiger charge is -2.30. The molecule has 136 valence electrons. The van der Waals surface area contributed by atoms with Crippen LogP contribution in [0.3, 0.4) is 0 Å². The minimum absolute atomic E-state index is 0.213. The molecule has 26 heavy (non-hydrogen) atoms. The van der Waals surface area contributed by atoms with E-state index < -0.39 is 0 Å². The molecule has 2 aromatic carbocycles. The molecule has 3 nitrogen and oxygen atoms in total. The van der Waals surface area contributed by atoms with Gasteiger partial charge in [0.1, 0.15) is 11.6 Å². The van der Waals surface area contributed by atoms with Gasteiger partial charge in [0.05, 0.1) is 17.6 Å². The lowest BCUT2D eigenvalue weighted by atomic mass is 9.99. The highest BCUT2D eigenvalue weighted by Crippen LogP contribution is 2.24. The zero-order valence-corrected chi connectivity index (χ0v) is 15.7. The molecule has 1 aliphatic rings. The summed E-state index contributed by atoms with van der Waals surface area (Å²) >= 11 is 6.23. The van der Waals surface area contributed by atoms with E-state index in [2.05, 4.69) is 16.4 Å². The maximum atomic E-state index is 13.2. The normalized spacial score (nSPS) is 16.4. The SMILES string of the molecule is CC1CCN(Cc2nc3ccc(Cl)cc3n2Cc2ccc(F)cc2)CC1. The van der Waals surface area contributed by atoms with Crippen molar-refractivity contribution in [2.75, 3.05) is 13.1 Å². The Hall–Kier alpha value is -1.91. The number of halogens is 2. The van der Waals surface area contributed by atoms with Crippen molar-refractivity contribution in [3.8, 4) is 0 Å². The van der Waals surface area contributed by atoms with Gasteiger partial charge < -0.3 is 4.57 Å². The first kappa shape index (κ1) is 17.5. The van der Waals surface area contributed by atoms with E-state index in [0.717, 1.165) is 48.0 Å². The molecule has 3 aromatic rings. The van der Waals surface area contributed by atoms with E-state index in [-0.39, 0.29) is 5.82 Å². The molecule has 0 N–H and O–H groups in total. The van der Waals surface area contributed by atoms with E-state index in [1.807, 2.05) is 30.3 Å². The van der Waals surface area contributed by atoms with Crippen LogP contribution in [0.4, 0.5) is 4.39 Å². The van der Waals surface area contributed by atoms with Crippen molar-refractivity contribution in [3.05, 3.63) is 64.7 Å². The van der Waals surface area contributed by atoms with E-state index in [1.165, 1.54) is 25.0 Å². The van der Waals surface area contributed by atoms with Crippen molar-refractivity contribution in [3.63, 3.8) is 0 Å². The molecule has 1 aromatic heterocycles. The van der Waals surface area contributed by atoms with Gasteiger partial charge in [-0.1, -0.05) is 30.7 Å². The zero-order valence-electron chi connectivity index (χ0n) is 15.0. The van der Waals surface area contributed by atoms with Crippen LogP contribution in [0.5, 0.6) is 0 Å². The molecule has 0 saturated carbocycles. The lowest BCUT2D eigenvalue weighted by Crippen LogP contribution is -2.33. The number of hydrogen-bond acceptors (Lipinski definition) is 2. The number of piperidine rings is 1. The Kier molecular flexibility index (Phi) is 4.96. The molecular formula is C21H23ClFN3. The second-order valence-corrected chi connectivity index (χ2v) is 7.77. The van der Waals surface area contributed by atoms with Gasteiger partial charge in [0, 0.05) is 11.6 Å². The van der Waals surface area contributed by atoms with E-state index >= 15 is 0 Å². The summed E-state index contributed by atoms with van der Waals surface area (Å²) in [5.74, 6) is 1.64. The van der Waals surface area contributed by atoms with Crippen molar-refractivity contribution in [2.45, 2.75) is 32.9 Å². The summed E-state index contributed by atoms with van der Waals surface area (Å²) in [7, 11) is 0. The molecule has 0 unspecified atom stereocenters. The molecule has 0 amide bonds. The van der Waals surface area contributed by atoms with Crippen molar-refractivity contribution in [1.29, 1.82) is 0 Å². The van der Waals surface area contributed by atoms with Crippen LogP contribution in [0.15, 0.2) is 42.5 Å². The smallest absolute Gasteiger partial charge is 0.124 e. The molecule has 1 saturated heterocycles. The second kappa shape index (κ2) is 7.37. The summed E-state index contributed by atoms with van der Waals surface area (Å²) < 4.78 is 15.5. The Morgan fingerprint density at radius 1 is 1.08 bits per heavy atom. The van der Waals surface area contributed by atoms with E-state index in [1.54, 1.807) is 0 Å². The Morgan fingerprint density at radius 3 is 2.54 bits per heavy atom. The quantitative estimate of drug-likeness (QED) is 0.635. The maximum absolute atomic E-state index is 13.2. The first-order valence-electron chi connectivity index (χ1n) is 9.20. The molecule has 1 aliphatic heterocycles. The number of hydrogen-bond donors (Lipinski definition) is 0. The standard InChI is InChI=1S/C21H23ClFN3/c1-15-8-10-25(11-9-15)14-21-24-19-7-4-17(22)12-20(19)26(21)13-16-2-5-18(23)6-3-16/h2-7,12,15H,8-11,13-14H2,1H3. The summed E-state index contributed by atoms with van der Waals surface area (Å²) in [5.41, 5.74) is 3.04. The Morgan fingerprint density at radius 2 is 1.81 bits per heavy atom. The fraction of sp³-hybridized carbons (Fsp3) is 0.381. The summed E-state index contributed by atoms with van der Waals surface area (Å²) in [6.07, 6.45) is 2.48. The topological polar surface area (TPSA) is 21.1 Å². The molecule has 5 heteroatoms. The Labute approximate surface area is 158 Å². The minimum Gasteiger partial charge on any atom is -0.322 e. The molecule has 0 atom stereocenters. The first-order chi connectivity index (χ1) is 12.6. The van der Waals surface area contributed by atoms with Gasteiger partial charge in [0.25, 0.3) is 0 Å². The van der Waals surface area contributed by atoms with Crippen LogP contribution in [-0.4, -0.2) is 27.5 Å². The third-order valence-corrected chi connectivity index (χ3v) is 5.52. The second-order valence-electron chi connectivity index (χ2n) is 7.33. The summed E-state index contributed by atoms with van der Waals surface area (Å²) in [5, 5.41) is 0.705. The number of fused-ring (bicyclic) bond motifs is 1. The highest BCUT2D eigenvalue weighted by molar-refractivity contribution is 6.31. The molecule has 2 heterocycles. The summed E-state index contributed by atoms with van der Waals surface area (Å²) in [4.78, 5) is 7.35. The summed E-state index contributed by atoms with van der Waals surface area (Å²) in [6.45, 7) is 6.05. The van der Waals surface area contributed by atoms with Crippen LogP contribution in [0.2, 0.25) is 5.02 Å². The lowest BCUT2D eigenvalue weighted by molar-refractivity contribution is 0.180. The van der Waals surface area contributed by atoms with Gasteiger partial charge in [-0.05, 0) is 67.7 Å². The number of aromatic nitrogens is 2. The van der Waals surface area contributed by atoms with Crippen molar-refractivity contribution in [1.82, 2.24) is 14.5 Å². The van der Waals surface area contributed by atoms with E-state index in [4.69, 9.17) is 16.6 Å². The fourth-order valence-corrected chi connectivity index (χ4v) is 3.80. The Balaban J connectivity index is 1.67. The maximum Gasteiger partial charge on any atom is 0.124 e. The Bertz CT molecular complexity index is 896. The number of rotatable bonds is 4. The number of nitrogens with zero attached hydrogens (tertiary/aromatic N) is 3. The van der Waals surface area contributed by atoms with Gasteiger partial charge in [0.15, 0.2) is 0 Å². The average molecular weight is 372 g/mol. The van der Waals surface area contributed by atoms with Gasteiger partial charge >= 0.3 is 0 Å². The van der Waals surface area contributed by atoms with Crippen LogP contribution >= 0.6 is 11.6 Å². The van der Waals surface area contributed by atoms with Crippen molar-refractivity contribution >= 4 is 22.6 Å². The van der Waals surface area contributed by atoms with Gasteiger partial charge in [0.2, 0.25) is 0 Å². The largest absolute Gasteiger partial charge is 0.322 e. The highest BCUT2D eigenvalue weighted by atomic mass is 35.5. The third-order valence-electron chi connectivity index (χ3n) is 5.28. The van der Waals surface area contributed by atoms with Gasteiger partial charge in [-0.15, -0.1) is 0 Å². The van der Waals surface area contributed by atoms with E-state index in [9.17, 15) is 4.39 Å². The monoisotopic (exact) mass is 371 g/mol. The van der Waals surface area contributed by atoms with E-state index in [0.29, 0.717) is 11.6 Å². The van der Waals surface area contributed by atoms with Crippen LogP contribution in [0.1, 0.15) is 31.2 Å². The van der Waals surface area contributed by atoms with Gasteiger partial charge in [-0.3, -0.25) is 4.90 Å². The molecule has 4 rings (SSSR count). The molecule has 0 aliphatic carbocycles. The fourth-order valence-electron chi connectivity index (χ4n) is 3.64. The molecule has 0 bridgehead atoms. The number of likely N-dealkylation sites (tertiary alicyclic amines) is 1. The number of imidazole rings is 1. The molecule has 0 spiro atoms. The van der Waals surface area contributed by atoms with Crippen molar-refractivity contribution < 1.29 is 4.39 Å². The average Bonchev–Trinajstić information content (AvgIpc) is 2.95. The highest BCUT2D eigenvalue weighted by Gasteiger charge is 2.19. The molecule has 0 radical (unpaired) electrons. The van der Waals surface area contributed by atoms with Crippen LogP contribution in [0.25, 0.3) is 11.0 Å². The number of benzene rings is 2. The molecule has 1 fully saturated rings. The molecular weight excluding hydrogens is 349 g/mol. The predicted octanol–water partition coefficient (Wildman–Crippen LogP) is 5.11.